The van der Waals surface area contributed by atoms with Crippen LogP contribution in [0.1, 0.15) is 25.3 Å². The summed E-state index contributed by atoms with van der Waals surface area (Å²) >= 11 is 0. The number of rotatable bonds is 2. The van der Waals surface area contributed by atoms with Gasteiger partial charge in [-0.2, -0.15) is 0 Å². The first-order valence-corrected chi connectivity index (χ1v) is 6.69. The number of para-hydroxylation sites is 1. The Kier molecular flexibility index (Phi) is 2.66. The minimum absolute atomic E-state index is 0.209. The van der Waals surface area contributed by atoms with E-state index in [2.05, 4.69) is 0 Å². The fourth-order valence-electron chi connectivity index (χ4n) is 3.81. The van der Waals surface area contributed by atoms with Gasteiger partial charge in [0, 0.05) is 17.8 Å². The summed E-state index contributed by atoms with van der Waals surface area (Å²) in [4.78, 5) is 26.5. The number of aliphatic hydroxyl groups is 1. The number of carbonyl (C=O) groups excluding carboxylic acids is 2. The van der Waals surface area contributed by atoms with E-state index in [0.717, 1.165) is 12.1 Å². The molecule has 0 aromatic heterocycles. The molecule has 1 fully saturated rings. The van der Waals surface area contributed by atoms with Crippen LogP contribution in [0, 0.1) is 0 Å². The molecule has 2 aliphatic rings. The van der Waals surface area contributed by atoms with Crippen molar-refractivity contribution < 1.29 is 19.4 Å². The van der Waals surface area contributed by atoms with Crippen LogP contribution in [0.3, 0.4) is 0 Å². The molecule has 1 saturated heterocycles. The summed E-state index contributed by atoms with van der Waals surface area (Å²) in [7, 11) is 1.23. The Hall–Kier alpha value is -1.88. The molecule has 0 saturated carbocycles. The maximum Gasteiger partial charge on any atom is 0.345 e. The van der Waals surface area contributed by atoms with E-state index >= 15 is 0 Å². The summed E-state index contributed by atoms with van der Waals surface area (Å²) in [6.45, 7) is 2.08. The minimum Gasteiger partial charge on any atom is -0.467 e. The summed E-state index contributed by atoms with van der Waals surface area (Å²) < 4.78 is 4.81. The van der Waals surface area contributed by atoms with Crippen molar-refractivity contribution in [2.75, 3.05) is 18.6 Å². The Labute approximate surface area is 117 Å². The SMILES string of the molecule is COC(=O)[C@@]1(O)c2ccccc2N2CCC[C@]21C(C)=O. The molecule has 5 nitrogen and oxygen atoms in total. The van der Waals surface area contributed by atoms with Crippen molar-refractivity contribution in [3.8, 4) is 0 Å². The van der Waals surface area contributed by atoms with Crippen LogP contribution < -0.4 is 4.90 Å². The maximum absolute atomic E-state index is 12.3. The van der Waals surface area contributed by atoms with Gasteiger partial charge in [0.2, 0.25) is 5.60 Å². The lowest BCUT2D eigenvalue weighted by molar-refractivity contribution is -0.173. The first-order chi connectivity index (χ1) is 9.50. The highest BCUT2D eigenvalue weighted by molar-refractivity contribution is 6.04. The van der Waals surface area contributed by atoms with Crippen LogP contribution in [0.2, 0.25) is 0 Å². The lowest BCUT2D eigenvalue weighted by Gasteiger charge is -2.39. The van der Waals surface area contributed by atoms with E-state index in [9.17, 15) is 14.7 Å². The average Bonchev–Trinajstić information content (AvgIpc) is 2.98. The lowest BCUT2D eigenvalue weighted by atomic mass is 9.74. The third kappa shape index (κ3) is 1.21. The van der Waals surface area contributed by atoms with Crippen LogP contribution in [0.4, 0.5) is 5.69 Å². The normalized spacial score (nSPS) is 30.9. The Morgan fingerprint density at radius 2 is 2.05 bits per heavy atom. The molecule has 1 aromatic rings. The van der Waals surface area contributed by atoms with E-state index in [-0.39, 0.29) is 5.78 Å². The van der Waals surface area contributed by atoms with Crippen LogP contribution in [0.15, 0.2) is 24.3 Å². The van der Waals surface area contributed by atoms with Gasteiger partial charge in [0.05, 0.1) is 7.11 Å². The standard InChI is InChI=1S/C15H17NO4/c1-10(17)14-8-5-9-16(14)12-7-4-3-6-11(12)15(14,19)13(18)20-2/h3-4,6-7,19H,5,8-9H2,1-2H3/t14-,15+/m1/s1. The Morgan fingerprint density at radius 3 is 2.70 bits per heavy atom. The van der Waals surface area contributed by atoms with E-state index in [0.29, 0.717) is 18.5 Å². The molecule has 106 valence electrons. The van der Waals surface area contributed by atoms with Crippen LogP contribution >= 0.6 is 0 Å². The van der Waals surface area contributed by atoms with Crippen LogP contribution in [0.5, 0.6) is 0 Å². The van der Waals surface area contributed by atoms with Crippen LogP contribution in [-0.4, -0.2) is 36.1 Å². The molecular formula is C15H17NO4. The molecule has 5 heteroatoms. The van der Waals surface area contributed by atoms with Gasteiger partial charge in [-0.25, -0.2) is 4.79 Å². The molecule has 0 amide bonds. The molecule has 0 bridgehead atoms. The Morgan fingerprint density at radius 1 is 1.35 bits per heavy atom. The first kappa shape index (κ1) is 13.1. The third-order valence-electron chi connectivity index (χ3n) is 4.63. The number of ketones is 1. The summed E-state index contributed by atoms with van der Waals surface area (Å²) in [6, 6.07) is 7.11. The van der Waals surface area contributed by atoms with Crippen LogP contribution in [0.25, 0.3) is 0 Å². The van der Waals surface area contributed by atoms with Crippen molar-refractivity contribution in [3.05, 3.63) is 29.8 Å². The number of ether oxygens (including phenoxy) is 1. The highest BCUT2D eigenvalue weighted by Crippen LogP contribution is 2.56. The fraction of sp³-hybridized carbons (Fsp3) is 0.467. The van der Waals surface area contributed by atoms with Gasteiger partial charge in [0.1, 0.15) is 5.54 Å². The number of methoxy groups -OCH3 is 1. The number of fused-ring (bicyclic) bond motifs is 3. The number of carbonyl (C=O) groups is 2. The molecule has 0 aliphatic carbocycles. The highest BCUT2D eigenvalue weighted by atomic mass is 16.5. The topological polar surface area (TPSA) is 66.8 Å². The van der Waals surface area contributed by atoms with Crippen molar-refractivity contribution in [2.24, 2.45) is 0 Å². The van der Waals surface area contributed by atoms with Gasteiger partial charge in [-0.1, -0.05) is 18.2 Å². The van der Waals surface area contributed by atoms with Gasteiger partial charge >= 0.3 is 5.97 Å². The second-order valence-electron chi connectivity index (χ2n) is 5.39. The van der Waals surface area contributed by atoms with E-state index in [4.69, 9.17) is 4.74 Å². The second-order valence-corrected chi connectivity index (χ2v) is 5.39. The molecule has 0 radical (unpaired) electrons. The number of benzene rings is 1. The molecule has 0 unspecified atom stereocenters. The van der Waals surface area contributed by atoms with Crippen LogP contribution in [-0.2, 0) is 19.9 Å². The quantitative estimate of drug-likeness (QED) is 0.815. The smallest absolute Gasteiger partial charge is 0.345 e. The van der Waals surface area contributed by atoms with E-state index in [1.54, 1.807) is 12.1 Å². The molecule has 3 rings (SSSR count). The van der Waals surface area contributed by atoms with Gasteiger partial charge < -0.3 is 14.7 Å². The van der Waals surface area contributed by atoms with Crippen molar-refractivity contribution >= 4 is 17.4 Å². The fourth-order valence-corrected chi connectivity index (χ4v) is 3.81. The van der Waals surface area contributed by atoms with Gasteiger partial charge in [0.15, 0.2) is 5.78 Å². The molecule has 2 aliphatic heterocycles. The number of anilines is 1. The largest absolute Gasteiger partial charge is 0.467 e. The van der Waals surface area contributed by atoms with E-state index in [1.807, 2.05) is 17.0 Å². The number of hydrogen-bond acceptors (Lipinski definition) is 5. The third-order valence-corrected chi connectivity index (χ3v) is 4.63. The molecule has 1 N–H and O–H groups in total. The van der Waals surface area contributed by atoms with E-state index < -0.39 is 17.1 Å². The van der Waals surface area contributed by atoms with Crippen molar-refractivity contribution in [3.63, 3.8) is 0 Å². The molecule has 20 heavy (non-hydrogen) atoms. The predicted molar refractivity (Wildman–Crippen MR) is 72.3 cm³/mol. The highest BCUT2D eigenvalue weighted by Gasteiger charge is 2.70. The number of hydrogen-bond donors (Lipinski definition) is 1. The zero-order valence-electron chi connectivity index (χ0n) is 11.5. The maximum atomic E-state index is 12.3. The summed E-state index contributed by atoms with van der Waals surface area (Å²) in [5.41, 5.74) is -1.96. The Bertz CT molecular complexity index is 599. The molecule has 1 aromatic carbocycles. The monoisotopic (exact) mass is 275 g/mol. The summed E-state index contributed by atoms with van der Waals surface area (Å²) in [6.07, 6.45) is 1.20. The molecular weight excluding hydrogens is 258 g/mol. The van der Waals surface area contributed by atoms with Crippen molar-refractivity contribution in [1.29, 1.82) is 0 Å². The predicted octanol–water partition coefficient (Wildman–Crippen LogP) is 0.989. The zero-order valence-corrected chi connectivity index (χ0v) is 11.5. The summed E-state index contributed by atoms with van der Waals surface area (Å²) in [5.74, 6) is -0.983. The van der Waals surface area contributed by atoms with Crippen molar-refractivity contribution in [2.45, 2.75) is 30.9 Å². The number of Topliss-reactive ketones (excluding diaryl/α,β-unsaturated/α-hetero) is 1. The second kappa shape index (κ2) is 4.06. The van der Waals surface area contributed by atoms with Gasteiger partial charge in [-0.15, -0.1) is 0 Å². The van der Waals surface area contributed by atoms with Gasteiger partial charge in [-0.05, 0) is 25.8 Å². The Balaban J connectivity index is 2.33. The van der Waals surface area contributed by atoms with E-state index in [1.165, 1.54) is 14.0 Å². The molecule has 0 spiro atoms. The zero-order chi connectivity index (χ0) is 14.5. The summed E-state index contributed by atoms with van der Waals surface area (Å²) in [5, 5.41) is 11.2. The number of esters is 1. The first-order valence-electron chi connectivity index (χ1n) is 6.69. The van der Waals surface area contributed by atoms with Gasteiger partial charge in [-0.3, -0.25) is 4.79 Å². The molecule has 2 heterocycles. The number of nitrogens with zero attached hydrogens (tertiary/aromatic N) is 1. The lowest BCUT2D eigenvalue weighted by Crippen LogP contribution is -2.63. The van der Waals surface area contributed by atoms with Gasteiger partial charge in [0.25, 0.3) is 0 Å². The molecule has 2 atom stereocenters. The minimum atomic E-state index is -1.93. The van der Waals surface area contributed by atoms with Crippen molar-refractivity contribution in [1.82, 2.24) is 0 Å². The average molecular weight is 275 g/mol.